The number of benzene rings is 1. The van der Waals surface area contributed by atoms with Gasteiger partial charge in [-0.15, -0.1) is 0 Å². The Bertz CT molecular complexity index is 479. The summed E-state index contributed by atoms with van der Waals surface area (Å²) in [5, 5.41) is 6.55. The Morgan fingerprint density at radius 3 is 2.65 bits per heavy atom. The van der Waals surface area contributed by atoms with Crippen LogP contribution < -0.4 is 5.73 Å². The third-order valence-corrected chi connectivity index (χ3v) is 2.56. The summed E-state index contributed by atoms with van der Waals surface area (Å²) < 4.78 is 26.6. The van der Waals surface area contributed by atoms with Gasteiger partial charge in [-0.1, -0.05) is 0 Å². The van der Waals surface area contributed by atoms with E-state index in [4.69, 9.17) is 5.73 Å². The fourth-order valence-corrected chi connectivity index (χ4v) is 1.68. The number of nitrogens with two attached hydrogens (primary N) is 1. The molecule has 1 aromatic carbocycles. The van der Waals surface area contributed by atoms with Crippen molar-refractivity contribution < 1.29 is 8.78 Å². The van der Waals surface area contributed by atoms with E-state index < -0.39 is 6.17 Å². The Morgan fingerprint density at radius 2 is 2.00 bits per heavy atom. The minimum absolute atomic E-state index is 0.244. The van der Waals surface area contributed by atoms with Crippen molar-refractivity contribution in [2.75, 3.05) is 6.54 Å². The minimum Gasteiger partial charge on any atom is -0.330 e. The van der Waals surface area contributed by atoms with Crippen LogP contribution in [0.15, 0.2) is 30.5 Å². The predicted octanol–water partition coefficient (Wildman–Crippen LogP) is 2.58. The molecule has 0 fully saturated rings. The van der Waals surface area contributed by atoms with Crippen LogP contribution in [0.25, 0.3) is 11.3 Å². The van der Waals surface area contributed by atoms with Crippen LogP contribution in [0, 0.1) is 5.82 Å². The zero-order chi connectivity index (χ0) is 12.3. The number of halogens is 2. The lowest BCUT2D eigenvalue weighted by Crippen LogP contribution is -2.03. The van der Waals surface area contributed by atoms with Crippen molar-refractivity contribution in [2.24, 2.45) is 5.73 Å². The van der Waals surface area contributed by atoms with Crippen LogP contribution >= 0.6 is 0 Å². The maximum atomic E-state index is 13.8. The average Bonchev–Trinajstić information content (AvgIpc) is 2.79. The van der Waals surface area contributed by atoms with Gasteiger partial charge in [0.15, 0.2) is 0 Å². The van der Waals surface area contributed by atoms with Crippen molar-refractivity contribution >= 4 is 0 Å². The van der Waals surface area contributed by atoms with Gasteiger partial charge in [-0.25, -0.2) is 8.78 Å². The van der Waals surface area contributed by atoms with Crippen LogP contribution in [0.1, 0.15) is 18.2 Å². The van der Waals surface area contributed by atoms with Crippen molar-refractivity contribution in [1.29, 1.82) is 0 Å². The first-order chi connectivity index (χ1) is 8.22. The Labute approximate surface area is 97.7 Å². The molecule has 1 heterocycles. The highest BCUT2D eigenvalue weighted by molar-refractivity contribution is 5.62. The fraction of sp³-hybridized carbons (Fsp3) is 0.250. The normalized spacial score (nSPS) is 12.6. The van der Waals surface area contributed by atoms with Gasteiger partial charge in [-0.2, -0.15) is 5.10 Å². The third kappa shape index (κ3) is 2.50. The molecule has 1 unspecified atom stereocenters. The molecule has 1 atom stereocenters. The second-order valence-electron chi connectivity index (χ2n) is 3.75. The zero-order valence-corrected chi connectivity index (χ0v) is 9.16. The minimum atomic E-state index is -1.15. The van der Waals surface area contributed by atoms with Gasteiger partial charge in [-0.3, -0.25) is 5.10 Å². The topological polar surface area (TPSA) is 54.7 Å². The Kier molecular flexibility index (Phi) is 3.49. The molecule has 0 amide bonds. The first kappa shape index (κ1) is 11.7. The molecule has 0 spiro atoms. The molecule has 3 N–H and O–H groups in total. The monoisotopic (exact) mass is 237 g/mol. The molecule has 17 heavy (non-hydrogen) atoms. The van der Waals surface area contributed by atoms with Gasteiger partial charge < -0.3 is 5.73 Å². The van der Waals surface area contributed by atoms with Gasteiger partial charge in [0.05, 0.1) is 11.9 Å². The summed E-state index contributed by atoms with van der Waals surface area (Å²) in [6.45, 7) is 0.273. The summed E-state index contributed by atoms with van der Waals surface area (Å²) in [6, 6.07) is 5.83. The maximum Gasteiger partial charge on any atom is 0.130 e. The van der Waals surface area contributed by atoms with Crippen LogP contribution in [0.3, 0.4) is 0 Å². The summed E-state index contributed by atoms with van der Waals surface area (Å²) in [4.78, 5) is 0. The van der Waals surface area contributed by atoms with Crippen LogP contribution in [0.2, 0.25) is 0 Å². The van der Waals surface area contributed by atoms with Crippen LogP contribution in [0.4, 0.5) is 8.78 Å². The molecule has 0 saturated heterocycles. The first-order valence-electron chi connectivity index (χ1n) is 5.35. The van der Waals surface area contributed by atoms with E-state index in [0.29, 0.717) is 16.8 Å². The maximum absolute atomic E-state index is 13.8. The van der Waals surface area contributed by atoms with E-state index in [1.165, 1.54) is 18.3 Å². The molecular weight excluding hydrogens is 224 g/mol. The van der Waals surface area contributed by atoms with Crippen LogP contribution in [-0.2, 0) is 0 Å². The molecule has 2 rings (SSSR count). The summed E-state index contributed by atoms with van der Waals surface area (Å²) in [5.74, 6) is -0.325. The number of hydrogen-bond acceptors (Lipinski definition) is 2. The Balaban J connectivity index is 2.33. The van der Waals surface area contributed by atoms with E-state index in [2.05, 4.69) is 10.2 Å². The van der Waals surface area contributed by atoms with Crippen LogP contribution in [-0.4, -0.2) is 16.7 Å². The van der Waals surface area contributed by atoms with Crippen LogP contribution in [0.5, 0.6) is 0 Å². The predicted molar refractivity (Wildman–Crippen MR) is 61.5 cm³/mol. The van der Waals surface area contributed by atoms with Crippen molar-refractivity contribution in [1.82, 2.24) is 10.2 Å². The second-order valence-corrected chi connectivity index (χ2v) is 3.75. The molecule has 3 nitrogen and oxygen atoms in total. The van der Waals surface area contributed by atoms with E-state index in [-0.39, 0.29) is 18.8 Å². The van der Waals surface area contributed by atoms with E-state index >= 15 is 0 Å². The number of rotatable bonds is 4. The smallest absolute Gasteiger partial charge is 0.130 e. The summed E-state index contributed by atoms with van der Waals surface area (Å²) in [6.07, 6.45) is 0.533. The molecule has 90 valence electrons. The molecule has 0 radical (unpaired) electrons. The largest absolute Gasteiger partial charge is 0.330 e. The number of aromatic amines is 1. The second kappa shape index (κ2) is 5.05. The summed E-state index contributed by atoms with van der Waals surface area (Å²) >= 11 is 0. The van der Waals surface area contributed by atoms with Gasteiger partial charge in [0.25, 0.3) is 0 Å². The van der Waals surface area contributed by atoms with E-state index in [0.717, 1.165) is 0 Å². The Morgan fingerprint density at radius 1 is 1.29 bits per heavy atom. The Hall–Kier alpha value is -1.75. The fourth-order valence-electron chi connectivity index (χ4n) is 1.68. The molecule has 0 aliphatic rings. The van der Waals surface area contributed by atoms with Gasteiger partial charge in [0.1, 0.15) is 12.0 Å². The van der Waals surface area contributed by atoms with Gasteiger partial charge >= 0.3 is 0 Å². The van der Waals surface area contributed by atoms with E-state index in [1.807, 2.05) is 0 Å². The zero-order valence-electron chi connectivity index (χ0n) is 9.16. The van der Waals surface area contributed by atoms with Crippen molar-refractivity contribution in [3.63, 3.8) is 0 Å². The molecule has 2 aromatic rings. The van der Waals surface area contributed by atoms with Gasteiger partial charge in [0, 0.05) is 11.1 Å². The number of nitrogens with one attached hydrogen (secondary N) is 1. The molecule has 0 aliphatic heterocycles. The lowest BCUT2D eigenvalue weighted by atomic mass is 10.0. The molecular formula is C12H13F2N3. The van der Waals surface area contributed by atoms with Crippen molar-refractivity contribution in [3.05, 3.63) is 41.8 Å². The highest BCUT2D eigenvalue weighted by Gasteiger charge is 2.16. The van der Waals surface area contributed by atoms with Crippen molar-refractivity contribution in [2.45, 2.75) is 12.6 Å². The lowest BCUT2D eigenvalue weighted by molar-refractivity contribution is 0.328. The number of alkyl halides is 1. The van der Waals surface area contributed by atoms with Gasteiger partial charge in [0.2, 0.25) is 0 Å². The van der Waals surface area contributed by atoms with Crippen molar-refractivity contribution in [3.8, 4) is 11.3 Å². The number of nitrogens with zero attached hydrogens (tertiary/aromatic N) is 1. The molecule has 0 saturated carbocycles. The van der Waals surface area contributed by atoms with E-state index in [9.17, 15) is 8.78 Å². The average molecular weight is 237 g/mol. The molecule has 0 bridgehead atoms. The third-order valence-electron chi connectivity index (χ3n) is 2.56. The SMILES string of the molecule is NCCC(F)c1cn[nH]c1-c1ccc(F)cc1. The number of aromatic nitrogens is 2. The highest BCUT2D eigenvalue weighted by atomic mass is 19.1. The first-order valence-corrected chi connectivity index (χ1v) is 5.35. The highest BCUT2D eigenvalue weighted by Crippen LogP contribution is 2.29. The number of H-pyrrole nitrogens is 1. The number of hydrogen-bond donors (Lipinski definition) is 2. The molecule has 0 aliphatic carbocycles. The van der Waals surface area contributed by atoms with E-state index in [1.54, 1.807) is 12.1 Å². The quantitative estimate of drug-likeness (QED) is 0.858. The summed E-state index contributed by atoms with van der Waals surface area (Å²) in [5.41, 5.74) is 7.07. The lowest BCUT2D eigenvalue weighted by Gasteiger charge is -2.07. The van der Waals surface area contributed by atoms with Gasteiger partial charge in [-0.05, 0) is 37.2 Å². The summed E-state index contributed by atoms with van der Waals surface area (Å²) in [7, 11) is 0. The molecule has 5 heteroatoms. The standard InChI is InChI=1S/C12H13F2N3/c13-9-3-1-8(2-4-9)12-10(7-16-17-12)11(14)5-6-15/h1-4,7,11H,5-6,15H2,(H,16,17). The molecule has 1 aromatic heterocycles.